The molecular weight excluding hydrogens is 172 g/mol. The van der Waals surface area contributed by atoms with Crippen LogP contribution < -0.4 is 10.6 Å². The first-order valence-corrected chi connectivity index (χ1v) is 3.99. The smallest absolute Gasteiger partial charge is 0.326 e. The zero-order chi connectivity index (χ0) is 10.3. The Balaban J connectivity index is 4.01. The number of hydrogen-bond acceptors (Lipinski definition) is 2. The molecule has 5 heteroatoms. The Morgan fingerprint density at radius 2 is 2.23 bits per heavy atom. The van der Waals surface area contributed by atoms with Gasteiger partial charge in [0, 0.05) is 6.54 Å². The van der Waals surface area contributed by atoms with Gasteiger partial charge in [0.1, 0.15) is 6.04 Å². The maximum atomic E-state index is 10.9. The molecule has 0 spiro atoms. The zero-order valence-corrected chi connectivity index (χ0v) is 7.54. The van der Waals surface area contributed by atoms with Crippen molar-refractivity contribution in [2.75, 3.05) is 6.54 Å². The number of carboxylic acid groups (broad SMARTS) is 1. The van der Waals surface area contributed by atoms with Crippen LogP contribution in [0.25, 0.3) is 0 Å². The van der Waals surface area contributed by atoms with E-state index in [1.165, 1.54) is 6.08 Å². The average molecular weight is 186 g/mol. The molecule has 0 aliphatic heterocycles. The molecule has 0 heterocycles. The molecule has 0 rings (SSSR count). The summed E-state index contributed by atoms with van der Waals surface area (Å²) in [5.74, 6) is -1.06. The lowest BCUT2D eigenvalue weighted by Crippen LogP contribution is -2.45. The number of carboxylic acids is 1. The molecule has 13 heavy (non-hydrogen) atoms. The van der Waals surface area contributed by atoms with Gasteiger partial charge in [-0.1, -0.05) is 6.08 Å². The summed E-state index contributed by atoms with van der Waals surface area (Å²) in [5, 5.41) is 13.4. The van der Waals surface area contributed by atoms with Gasteiger partial charge in [-0.3, -0.25) is 0 Å². The summed E-state index contributed by atoms with van der Waals surface area (Å²) >= 11 is 0. The Bertz CT molecular complexity index is 204. The second kappa shape index (κ2) is 6.05. The van der Waals surface area contributed by atoms with Crippen LogP contribution in [0.15, 0.2) is 12.7 Å². The fourth-order valence-electron chi connectivity index (χ4n) is 0.758. The molecule has 0 saturated heterocycles. The van der Waals surface area contributed by atoms with Gasteiger partial charge >= 0.3 is 12.0 Å². The molecule has 0 aliphatic carbocycles. The van der Waals surface area contributed by atoms with Crippen molar-refractivity contribution >= 4 is 12.0 Å². The molecule has 0 radical (unpaired) electrons. The fourth-order valence-corrected chi connectivity index (χ4v) is 0.758. The predicted octanol–water partition coefficient (Wildman–Crippen LogP) is 0.335. The van der Waals surface area contributed by atoms with E-state index in [9.17, 15) is 9.59 Å². The van der Waals surface area contributed by atoms with Crippen molar-refractivity contribution < 1.29 is 14.7 Å². The van der Waals surface area contributed by atoms with Crippen LogP contribution in [0.5, 0.6) is 0 Å². The Morgan fingerprint density at radius 3 is 2.62 bits per heavy atom. The molecule has 0 aromatic rings. The van der Waals surface area contributed by atoms with E-state index in [0.717, 1.165) is 0 Å². The van der Waals surface area contributed by atoms with E-state index in [0.29, 0.717) is 6.54 Å². The molecule has 0 bridgehead atoms. The van der Waals surface area contributed by atoms with E-state index in [1.54, 1.807) is 6.92 Å². The van der Waals surface area contributed by atoms with Crippen molar-refractivity contribution in [3.8, 4) is 0 Å². The molecule has 74 valence electrons. The Labute approximate surface area is 76.8 Å². The minimum absolute atomic E-state index is 0.215. The summed E-state index contributed by atoms with van der Waals surface area (Å²) in [5.41, 5.74) is 0. The Morgan fingerprint density at radius 1 is 1.62 bits per heavy atom. The third kappa shape index (κ3) is 4.84. The van der Waals surface area contributed by atoms with Gasteiger partial charge in [0.15, 0.2) is 0 Å². The van der Waals surface area contributed by atoms with E-state index in [-0.39, 0.29) is 6.42 Å². The van der Waals surface area contributed by atoms with Gasteiger partial charge in [0.2, 0.25) is 0 Å². The molecule has 0 aromatic carbocycles. The maximum absolute atomic E-state index is 10.9. The predicted molar refractivity (Wildman–Crippen MR) is 48.4 cm³/mol. The topological polar surface area (TPSA) is 78.4 Å². The van der Waals surface area contributed by atoms with Crippen LogP contribution in [0, 0.1) is 0 Å². The molecular formula is C8H14N2O3. The van der Waals surface area contributed by atoms with Crippen LogP contribution >= 0.6 is 0 Å². The van der Waals surface area contributed by atoms with Crippen LogP contribution in [-0.4, -0.2) is 29.7 Å². The van der Waals surface area contributed by atoms with Crippen LogP contribution in [0.3, 0.4) is 0 Å². The second-order valence-corrected chi connectivity index (χ2v) is 2.42. The summed E-state index contributed by atoms with van der Waals surface area (Å²) in [4.78, 5) is 21.5. The first-order valence-electron chi connectivity index (χ1n) is 3.99. The quantitative estimate of drug-likeness (QED) is 0.541. The van der Waals surface area contributed by atoms with Gasteiger partial charge in [0.25, 0.3) is 0 Å². The summed E-state index contributed by atoms with van der Waals surface area (Å²) < 4.78 is 0. The van der Waals surface area contributed by atoms with Gasteiger partial charge in [-0.05, 0) is 13.3 Å². The SMILES string of the molecule is C=CCC(NC(=O)NCC)C(=O)O. The van der Waals surface area contributed by atoms with Crippen molar-refractivity contribution in [1.29, 1.82) is 0 Å². The molecule has 0 aromatic heterocycles. The standard InChI is InChI=1S/C8H14N2O3/c1-3-5-6(7(11)12)10-8(13)9-4-2/h3,6H,1,4-5H2,2H3,(H,11,12)(H2,9,10,13). The number of carbonyl (C=O) groups is 2. The van der Waals surface area contributed by atoms with Crippen molar-refractivity contribution in [2.45, 2.75) is 19.4 Å². The van der Waals surface area contributed by atoms with Crippen LogP contribution in [0.1, 0.15) is 13.3 Å². The summed E-state index contributed by atoms with van der Waals surface area (Å²) in [6.07, 6.45) is 1.66. The highest BCUT2D eigenvalue weighted by Gasteiger charge is 2.17. The normalized spacial score (nSPS) is 11.5. The van der Waals surface area contributed by atoms with Crippen LogP contribution in [0.4, 0.5) is 4.79 Å². The average Bonchev–Trinajstić information content (AvgIpc) is 2.04. The Hall–Kier alpha value is -1.52. The summed E-state index contributed by atoms with van der Waals surface area (Å²) in [6.45, 7) is 5.62. The highest BCUT2D eigenvalue weighted by molar-refractivity contribution is 5.82. The fraction of sp³-hybridized carbons (Fsp3) is 0.500. The number of nitrogens with one attached hydrogen (secondary N) is 2. The maximum Gasteiger partial charge on any atom is 0.326 e. The van der Waals surface area contributed by atoms with Gasteiger partial charge in [-0.15, -0.1) is 6.58 Å². The zero-order valence-electron chi connectivity index (χ0n) is 7.54. The van der Waals surface area contributed by atoms with Crippen molar-refractivity contribution in [2.24, 2.45) is 0 Å². The van der Waals surface area contributed by atoms with Crippen LogP contribution in [-0.2, 0) is 4.79 Å². The van der Waals surface area contributed by atoms with Gasteiger partial charge in [-0.25, -0.2) is 9.59 Å². The molecule has 0 aliphatic rings. The van der Waals surface area contributed by atoms with Crippen molar-refractivity contribution in [3.63, 3.8) is 0 Å². The molecule has 0 fully saturated rings. The molecule has 5 nitrogen and oxygen atoms in total. The number of rotatable bonds is 5. The monoisotopic (exact) mass is 186 g/mol. The molecule has 1 atom stereocenters. The van der Waals surface area contributed by atoms with Crippen molar-refractivity contribution in [3.05, 3.63) is 12.7 Å². The lowest BCUT2D eigenvalue weighted by Gasteiger charge is -2.12. The second-order valence-electron chi connectivity index (χ2n) is 2.42. The highest BCUT2D eigenvalue weighted by Crippen LogP contribution is 1.92. The summed E-state index contributed by atoms with van der Waals surface area (Å²) in [6, 6.07) is -1.37. The number of urea groups is 1. The van der Waals surface area contributed by atoms with E-state index in [4.69, 9.17) is 5.11 Å². The largest absolute Gasteiger partial charge is 0.480 e. The van der Waals surface area contributed by atoms with Crippen molar-refractivity contribution in [1.82, 2.24) is 10.6 Å². The van der Waals surface area contributed by atoms with E-state index >= 15 is 0 Å². The lowest BCUT2D eigenvalue weighted by atomic mass is 10.2. The van der Waals surface area contributed by atoms with Gasteiger partial charge in [0.05, 0.1) is 0 Å². The first kappa shape index (κ1) is 11.5. The minimum Gasteiger partial charge on any atom is -0.480 e. The number of amides is 2. The number of hydrogen-bond donors (Lipinski definition) is 3. The summed E-state index contributed by atoms with van der Waals surface area (Å²) in [7, 11) is 0. The molecule has 3 N–H and O–H groups in total. The third-order valence-corrected chi connectivity index (χ3v) is 1.34. The lowest BCUT2D eigenvalue weighted by molar-refractivity contribution is -0.139. The highest BCUT2D eigenvalue weighted by atomic mass is 16.4. The Kier molecular flexibility index (Phi) is 5.34. The van der Waals surface area contributed by atoms with E-state index < -0.39 is 18.0 Å². The van der Waals surface area contributed by atoms with Gasteiger partial charge < -0.3 is 15.7 Å². The van der Waals surface area contributed by atoms with E-state index in [1.807, 2.05) is 0 Å². The molecule has 1 unspecified atom stereocenters. The number of aliphatic carboxylic acids is 1. The third-order valence-electron chi connectivity index (χ3n) is 1.34. The van der Waals surface area contributed by atoms with Crippen LogP contribution in [0.2, 0.25) is 0 Å². The molecule has 2 amide bonds. The van der Waals surface area contributed by atoms with Gasteiger partial charge in [-0.2, -0.15) is 0 Å². The minimum atomic E-state index is -1.06. The van der Waals surface area contributed by atoms with E-state index in [2.05, 4.69) is 17.2 Å². The number of carbonyl (C=O) groups excluding carboxylic acids is 1. The first-order chi connectivity index (χ1) is 6.11. The molecule has 0 saturated carbocycles.